The average Bonchev–Trinajstić information content (AvgIpc) is 3.26. The molecule has 0 saturated carbocycles. The highest BCUT2D eigenvalue weighted by Gasteiger charge is 2.19. The maximum Gasteiger partial charge on any atom is 0.251 e. The molecule has 0 aliphatic rings. The molecular weight excluding hydrogens is 458 g/mol. The van der Waals surface area contributed by atoms with Crippen molar-refractivity contribution in [2.75, 3.05) is 11.1 Å². The van der Waals surface area contributed by atoms with Gasteiger partial charge in [-0.3, -0.25) is 14.2 Å². The molecule has 35 heavy (non-hydrogen) atoms. The van der Waals surface area contributed by atoms with Crippen LogP contribution < -0.4 is 10.6 Å². The molecule has 0 radical (unpaired) electrons. The first-order valence-corrected chi connectivity index (χ1v) is 12.2. The van der Waals surface area contributed by atoms with Crippen molar-refractivity contribution in [1.82, 2.24) is 20.1 Å². The molecule has 0 spiro atoms. The molecule has 0 fully saturated rings. The van der Waals surface area contributed by atoms with Gasteiger partial charge >= 0.3 is 0 Å². The van der Waals surface area contributed by atoms with E-state index in [1.54, 1.807) is 12.1 Å². The molecule has 0 saturated heterocycles. The number of nitrogens with one attached hydrogen (secondary N) is 2. The maximum atomic E-state index is 12.6. The van der Waals surface area contributed by atoms with Crippen LogP contribution >= 0.6 is 11.8 Å². The van der Waals surface area contributed by atoms with Crippen LogP contribution in [0.25, 0.3) is 5.69 Å². The van der Waals surface area contributed by atoms with Crippen LogP contribution in [0.4, 0.5) is 5.69 Å². The number of thioether (sulfide) groups is 1. The monoisotopic (exact) mass is 485 g/mol. The molecular formula is C27H27N5O2S. The second kappa shape index (κ2) is 11.0. The second-order valence-corrected chi connectivity index (χ2v) is 9.15. The number of nitrogens with zero attached hydrogens (tertiary/aromatic N) is 3. The Morgan fingerprint density at radius 1 is 0.914 bits per heavy atom. The first-order valence-electron chi connectivity index (χ1n) is 11.3. The van der Waals surface area contributed by atoms with Gasteiger partial charge < -0.3 is 10.6 Å². The SMILES string of the molecule is Cc1cccc(NC(=O)CSc2nnc(CNC(=O)c3ccccc3)n2-c2cccc(C)c2C)c1. The summed E-state index contributed by atoms with van der Waals surface area (Å²) in [5, 5.41) is 15.1. The molecule has 0 atom stereocenters. The maximum absolute atomic E-state index is 12.6. The summed E-state index contributed by atoms with van der Waals surface area (Å²) >= 11 is 1.30. The fraction of sp³-hybridized carbons (Fsp3) is 0.185. The number of aromatic nitrogens is 3. The van der Waals surface area contributed by atoms with Crippen LogP contribution in [0, 0.1) is 20.8 Å². The van der Waals surface area contributed by atoms with Gasteiger partial charge in [-0.25, -0.2) is 0 Å². The normalized spacial score (nSPS) is 10.7. The van der Waals surface area contributed by atoms with Gasteiger partial charge in [-0.1, -0.05) is 54.2 Å². The third kappa shape index (κ3) is 5.96. The predicted octanol–water partition coefficient (Wildman–Crippen LogP) is 4.85. The quantitative estimate of drug-likeness (QED) is 0.348. The van der Waals surface area contributed by atoms with E-state index in [1.165, 1.54) is 11.8 Å². The minimum Gasteiger partial charge on any atom is -0.345 e. The van der Waals surface area contributed by atoms with Crippen LogP contribution in [0.2, 0.25) is 0 Å². The number of carbonyl (C=O) groups excluding carboxylic acids is 2. The Balaban J connectivity index is 1.55. The van der Waals surface area contributed by atoms with Crippen molar-refractivity contribution in [3.8, 4) is 5.69 Å². The Bertz CT molecular complexity index is 1350. The summed E-state index contributed by atoms with van der Waals surface area (Å²) in [6.07, 6.45) is 0. The lowest BCUT2D eigenvalue weighted by molar-refractivity contribution is -0.113. The summed E-state index contributed by atoms with van der Waals surface area (Å²) in [6, 6.07) is 22.7. The van der Waals surface area contributed by atoms with Crippen molar-refractivity contribution in [3.05, 3.63) is 101 Å². The highest BCUT2D eigenvalue weighted by molar-refractivity contribution is 7.99. The van der Waals surface area contributed by atoms with E-state index in [0.29, 0.717) is 16.5 Å². The van der Waals surface area contributed by atoms with Crippen molar-refractivity contribution in [1.29, 1.82) is 0 Å². The van der Waals surface area contributed by atoms with E-state index in [1.807, 2.05) is 86.0 Å². The predicted molar refractivity (Wildman–Crippen MR) is 139 cm³/mol. The molecule has 1 aromatic heterocycles. The molecule has 4 rings (SSSR count). The van der Waals surface area contributed by atoms with Gasteiger partial charge in [-0.2, -0.15) is 0 Å². The van der Waals surface area contributed by atoms with Gasteiger partial charge in [0.25, 0.3) is 5.91 Å². The lowest BCUT2D eigenvalue weighted by Gasteiger charge is -2.15. The number of aryl methyl sites for hydroxylation is 2. The van der Waals surface area contributed by atoms with Gasteiger partial charge in [0.15, 0.2) is 11.0 Å². The summed E-state index contributed by atoms with van der Waals surface area (Å²) in [6.45, 7) is 6.26. The fourth-order valence-corrected chi connectivity index (χ4v) is 4.39. The topological polar surface area (TPSA) is 88.9 Å². The molecule has 0 unspecified atom stereocenters. The lowest BCUT2D eigenvalue weighted by Crippen LogP contribution is -2.24. The highest BCUT2D eigenvalue weighted by Crippen LogP contribution is 2.26. The summed E-state index contributed by atoms with van der Waals surface area (Å²) in [5.74, 6) is 0.445. The van der Waals surface area contributed by atoms with Gasteiger partial charge in [-0.05, 0) is 67.8 Å². The van der Waals surface area contributed by atoms with Crippen LogP contribution in [0.5, 0.6) is 0 Å². The van der Waals surface area contributed by atoms with Crippen molar-refractivity contribution < 1.29 is 9.59 Å². The number of rotatable bonds is 8. The van der Waals surface area contributed by atoms with Crippen LogP contribution in [0.15, 0.2) is 78.0 Å². The van der Waals surface area contributed by atoms with Gasteiger partial charge in [-0.15, -0.1) is 10.2 Å². The molecule has 0 aliphatic carbocycles. The molecule has 178 valence electrons. The summed E-state index contributed by atoms with van der Waals surface area (Å²) in [4.78, 5) is 25.2. The van der Waals surface area contributed by atoms with Crippen LogP contribution in [-0.4, -0.2) is 32.3 Å². The molecule has 0 aliphatic heterocycles. The molecule has 2 amide bonds. The molecule has 3 aromatic carbocycles. The van der Waals surface area contributed by atoms with Gasteiger partial charge in [0.05, 0.1) is 18.0 Å². The van der Waals surface area contributed by atoms with Crippen molar-refractivity contribution >= 4 is 29.3 Å². The number of hydrogen-bond acceptors (Lipinski definition) is 5. The van der Waals surface area contributed by atoms with Crippen molar-refractivity contribution in [2.24, 2.45) is 0 Å². The van der Waals surface area contributed by atoms with Crippen LogP contribution in [-0.2, 0) is 11.3 Å². The number of carbonyl (C=O) groups is 2. The van der Waals surface area contributed by atoms with Crippen LogP contribution in [0.3, 0.4) is 0 Å². The second-order valence-electron chi connectivity index (χ2n) is 8.21. The highest BCUT2D eigenvalue weighted by atomic mass is 32.2. The third-order valence-corrected chi connectivity index (χ3v) is 6.52. The minimum atomic E-state index is -0.187. The van der Waals surface area contributed by atoms with Crippen LogP contribution in [0.1, 0.15) is 32.9 Å². The van der Waals surface area contributed by atoms with E-state index in [9.17, 15) is 9.59 Å². The molecule has 2 N–H and O–H groups in total. The zero-order valence-corrected chi connectivity index (χ0v) is 20.7. The van der Waals surface area contributed by atoms with Gasteiger partial charge in [0.1, 0.15) is 0 Å². The first kappa shape index (κ1) is 24.2. The van der Waals surface area contributed by atoms with Crippen molar-refractivity contribution in [2.45, 2.75) is 32.5 Å². The third-order valence-electron chi connectivity index (χ3n) is 5.59. The zero-order valence-electron chi connectivity index (χ0n) is 19.9. The number of amides is 2. The summed E-state index contributed by atoms with van der Waals surface area (Å²) < 4.78 is 1.91. The zero-order chi connectivity index (χ0) is 24.8. The Morgan fingerprint density at radius 3 is 2.46 bits per heavy atom. The molecule has 1 heterocycles. The molecule has 7 nitrogen and oxygen atoms in total. The van der Waals surface area contributed by atoms with Crippen molar-refractivity contribution in [3.63, 3.8) is 0 Å². The Morgan fingerprint density at radius 2 is 1.69 bits per heavy atom. The fourth-order valence-electron chi connectivity index (χ4n) is 3.63. The first-order chi connectivity index (χ1) is 16.9. The van der Waals surface area contributed by atoms with E-state index >= 15 is 0 Å². The summed E-state index contributed by atoms with van der Waals surface area (Å²) in [7, 11) is 0. The Kier molecular flexibility index (Phi) is 7.62. The minimum absolute atomic E-state index is 0.130. The van der Waals surface area contributed by atoms with E-state index in [0.717, 1.165) is 28.1 Å². The summed E-state index contributed by atoms with van der Waals surface area (Å²) in [5.41, 5.74) is 5.54. The van der Waals surface area contributed by atoms with E-state index in [4.69, 9.17) is 0 Å². The van der Waals surface area contributed by atoms with E-state index in [2.05, 4.69) is 20.8 Å². The Labute approximate surface area is 209 Å². The smallest absolute Gasteiger partial charge is 0.251 e. The van der Waals surface area contributed by atoms with E-state index < -0.39 is 0 Å². The molecule has 4 aromatic rings. The lowest BCUT2D eigenvalue weighted by atomic mass is 10.1. The Hall–Kier alpha value is -3.91. The number of hydrogen-bond donors (Lipinski definition) is 2. The molecule has 8 heteroatoms. The van der Waals surface area contributed by atoms with Gasteiger partial charge in [0, 0.05) is 11.3 Å². The average molecular weight is 486 g/mol. The van der Waals surface area contributed by atoms with Gasteiger partial charge in [0.2, 0.25) is 5.91 Å². The largest absolute Gasteiger partial charge is 0.345 e. The standard InChI is InChI=1S/C27H27N5O2S/c1-18-9-7-13-22(15-18)29-25(33)17-35-27-31-30-24(16-28-26(34)21-11-5-4-6-12-21)32(27)23-14-8-10-19(2)20(23)3/h4-15H,16-17H2,1-3H3,(H,28,34)(H,29,33). The number of benzene rings is 3. The number of anilines is 1. The molecule has 0 bridgehead atoms. The van der Waals surface area contributed by atoms with E-state index in [-0.39, 0.29) is 24.1 Å².